The molecule has 0 spiro atoms. The van der Waals surface area contributed by atoms with Gasteiger partial charge in [0, 0.05) is 19.3 Å². The summed E-state index contributed by atoms with van der Waals surface area (Å²) in [5.74, 6) is 0.101. The number of nitrogens with two attached hydrogens (primary N) is 1. The number of alkyl halides is 3. The molecular weight excluding hydrogens is 356 g/mol. The number of nitrogens with one attached hydrogen (secondary N) is 2. The number of nitrogens with zero attached hydrogens (tertiary/aromatic N) is 1. The molecule has 1 aromatic heterocycles. The van der Waals surface area contributed by atoms with Crippen LogP contribution in [-0.4, -0.2) is 29.5 Å². The van der Waals surface area contributed by atoms with Crippen LogP contribution >= 0.6 is 24.8 Å². The summed E-state index contributed by atoms with van der Waals surface area (Å²) < 4.78 is 37.0. The number of hydrogen-bond donors (Lipinski definition) is 3. The Morgan fingerprint density at radius 3 is 2.26 bits per heavy atom. The van der Waals surface area contributed by atoms with Gasteiger partial charge in [-0.25, -0.2) is 4.98 Å². The van der Waals surface area contributed by atoms with Gasteiger partial charge in [-0.05, 0) is 32.4 Å². The van der Waals surface area contributed by atoms with Gasteiger partial charge in [0.1, 0.15) is 5.82 Å². The molecule has 0 saturated carbocycles. The van der Waals surface area contributed by atoms with Crippen molar-refractivity contribution < 1.29 is 18.0 Å². The predicted molar refractivity (Wildman–Crippen MR) is 88.1 cm³/mol. The number of anilines is 1. The van der Waals surface area contributed by atoms with Gasteiger partial charge in [0.05, 0.1) is 11.1 Å². The van der Waals surface area contributed by atoms with E-state index in [9.17, 15) is 18.0 Å². The molecule has 0 bridgehead atoms. The maximum absolute atomic E-state index is 12.3. The van der Waals surface area contributed by atoms with Crippen molar-refractivity contribution in [2.75, 3.05) is 18.4 Å². The van der Waals surface area contributed by atoms with E-state index in [1.807, 2.05) is 0 Å². The molecule has 1 aromatic rings. The highest BCUT2D eigenvalue weighted by Crippen LogP contribution is 2.28. The van der Waals surface area contributed by atoms with Gasteiger partial charge in [0.25, 0.3) is 0 Å². The summed E-state index contributed by atoms with van der Waals surface area (Å²) in [6.45, 7) is 4.11. The first-order chi connectivity index (χ1) is 9.60. The Kier molecular flexibility index (Phi) is 10.2. The molecule has 10 heteroatoms. The smallest absolute Gasteiger partial charge is 0.370 e. The second-order valence-corrected chi connectivity index (χ2v) is 5.19. The second kappa shape index (κ2) is 9.79. The van der Waals surface area contributed by atoms with Crippen molar-refractivity contribution in [1.29, 1.82) is 0 Å². The molecule has 1 heterocycles. The van der Waals surface area contributed by atoms with Gasteiger partial charge in [-0.3, -0.25) is 4.79 Å². The van der Waals surface area contributed by atoms with Crippen molar-refractivity contribution in [3.8, 4) is 0 Å². The zero-order valence-corrected chi connectivity index (χ0v) is 14.4. The van der Waals surface area contributed by atoms with Crippen molar-refractivity contribution in [3.63, 3.8) is 0 Å². The van der Waals surface area contributed by atoms with Crippen LogP contribution in [0.4, 0.5) is 19.0 Å². The van der Waals surface area contributed by atoms with Crippen molar-refractivity contribution in [2.45, 2.75) is 32.0 Å². The van der Waals surface area contributed by atoms with E-state index in [1.165, 1.54) is 6.07 Å². The second-order valence-electron chi connectivity index (χ2n) is 5.19. The fourth-order valence-electron chi connectivity index (χ4n) is 1.40. The SMILES string of the molecule is CC(C)(N)C(=O)NCCCNc1ccc(C(F)(F)F)cn1.Cl.Cl. The van der Waals surface area contributed by atoms with Gasteiger partial charge in [-0.2, -0.15) is 13.2 Å². The van der Waals surface area contributed by atoms with E-state index in [4.69, 9.17) is 5.73 Å². The topological polar surface area (TPSA) is 80.0 Å². The van der Waals surface area contributed by atoms with Gasteiger partial charge in [0.2, 0.25) is 5.91 Å². The highest BCUT2D eigenvalue weighted by molar-refractivity contribution is 5.85. The maximum atomic E-state index is 12.3. The fraction of sp³-hybridized carbons (Fsp3) is 0.538. The van der Waals surface area contributed by atoms with Crippen LogP contribution in [0, 0.1) is 0 Å². The van der Waals surface area contributed by atoms with Crippen LogP contribution in [0.3, 0.4) is 0 Å². The molecule has 23 heavy (non-hydrogen) atoms. The third-order valence-corrected chi connectivity index (χ3v) is 2.62. The largest absolute Gasteiger partial charge is 0.417 e. The minimum Gasteiger partial charge on any atom is -0.370 e. The van der Waals surface area contributed by atoms with Crippen LogP contribution in [0.2, 0.25) is 0 Å². The summed E-state index contributed by atoms with van der Waals surface area (Å²) >= 11 is 0. The zero-order valence-electron chi connectivity index (χ0n) is 12.7. The van der Waals surface area contributed by atoms with Crippen LogP contribution < -0.4 is 16.4 Å². The molecule has 0 fully saturated rings. The molecule has 0 atom stereocenters. The average molecular weight is 377 g/mol. The Morgan fingerprint density at radius 2 is 1.83 bits per heavy atom. The van der Waals surface area contributed by atoms with E-state index in [-0.39, 0.29) is 30.7 Å². The lowest BCUT2D eigenvalue weighted by Crippen LogP contribution is -2.49. The molecule has 0 aromatic carbocycles. The molecule has 1 amide bonds. The molecule has 134 valence electrons. The molecular formula is C13H21Cl2F3N4O. The monoisotopic (exact) mass is 376 g/mol. The first-order valence-corrected chi connectivity index (χ1v) is 6.45. The van der Waals surface area contributed by atoms with E-state index in [2.05, 4.69) is 15.6 Å². The van der Waals surface area contributed by atoms with E-state index in [1.54, 1.807) is 13.8 Å². The molecule has 0 aliphatic heterocycles. The first-order valence-electron chi connectivity index (χ1n) is 6.45. The van der Waals surface area contributed by atoms with Gasteiger partial charge in [-0.1, -0.05) is 0 Å². The highest BCUT2D eigenvalue weighted by Gasteiger charge is 2.30. The Balaban J connectivity index is 0. The lowest BCUT2D eigenvalue weighted by atomic mass is 10.1. The average Bonchev–Trinajstić information content (AvgIpc) is 2.36. The summed E-state index contributed by atoms with van der Waals surface area (Å²) in [7, 11) is 0. The molecule has 4 N–H and O–H groups in total. The molecule has 1 rings (SSSR count). The minimum absolute atomic E-state index is 0. The summed E-state index contributed by atoms with van der Waals surface area (Å²) in [6, 6.07) is 2.23. The Hall–Kier alpha value is -1.25. The van der Waals surface area contributed by atoms with Gasteiger partial charge >= 0.3 is 6.18 Å². The quantitative estimate of drug-likeness (QED) is 0.666. The van der Waals surface area contributed by atoms with Crippen molar-refractivity contribution in [3.05, 3.63) is 23.9 Å². The maximum Gasteiger partial charge on any atom is 0.417 e. The van der Waals surface area contributed by atoms with Crippen molar-refractivity contribution in [2.24, 2.45) is 5.73 Å². The fourth-order valence-corrected chi connectivity index (χ4v) is 1.40. The lowest BCUT2D eigenvalue weighted by Gasteiger charge is -2.17. The van der Waals surface area contributed by atoms with E-state index >= 15 is 0 Å². The van der Waals surface area contributed by atoms with Crippen LogP contribution in [-0.2, 0) is 11.0 Å². The molecule has 0 aliphatic carbocycles. The third kappa shape index (κ3) is 8.83. The zero-order chi connectivity index (χ0) is 16.1. The number of aromatic nitrogens is 1. The molecule has 0 unspecified atom stereocenters. The number of hydrogen-bond acceptors (Lipinski definition) is 4. The normalized spacial score (nSPS) is 11.0. The predicted octanol–water partition coefficient (Wildman–Crippen LogP) is 2.60. The lowest BCUT2D eigenvalue weighted by molar-refractivity contribution is -0.137. The Bertz CT molecular complexity index is 476. The number of halogens is 5. The molecule has 0 radical (unpaired) electrons. The number of amides is 1. The van der Waals surface area contributed by atoms with E-state index in [0.29, 0.717) is 25.3 Å². The Labute approximate surface area is 145 Å². The van der Waals surface area contributed by atoms with Gasteiger partial charge in [-0.15, -0.1) is 24.8 Å². The number of carbonyl (C=O) groups is 1. The van der Waals surface area contributed by atoms with Crippen molar-refractivity contribution >= 4 is 36.5 Å². The molecule has 0 aliphatic rings. The van der Waals surface area contributed by atoms with Crippen molar-refractivity contribution in [1.82, 2.24) is 10.3 Å². The van der Waals surface area contributed by atoms with Gasteiger partial charge < -0.3 is 16.4 Å². The minimum atomic E-state index is -4.38. The van der Waals surface area contributed by atoms with Crippen LogP contribution in [0.5, 0.6) is 0 Å². The number of carbonyl (C=O) groups excluding carboxylic acids is 1. The molecule has 0 saturated heterocycles. The molecule has 5 nitrogen and oxygen atoms in total. The van der Waals surface area contributed by atoms with E-state index < -0.39 is 17.3 Å². The van der Waals surface area contributed by atoms with Crippen LogP contribution in [0.15, 0.2) is 18.3 Å². The summed E-state index contributed by atoms with van der Waals surface area (Å²) in [5, 5.41) is 5.54. The van der Waals surface area contributed by atoms with Crippen LogP contribution in [0.1, 0.15) is 25.8 Å². The summed E-state index contributed by atoms with van der Waals surface area (Å²) in [4.78, 5) is 15.1. The van der Waals surface area contributed by atoms with Crippen LogP contribution in [0.25, 0.3) is 0 Å². The number of pyridine rings is 1. The summed E-state index contributed by atoms with van der Waals surface area (Å²) in [6.07, 6.45) is -3.00. The third-order valence-electron chi connectivity index (χ3n) is 2.62. The standard InChI is InChI=1S/C13H19F3N4O.2ClH/c1-12(2,17)11(21)19-7-3-6-18-10-5-4-9(8-20-10)13(14,15)16;;/h4-5,8H,3,6-7,17H2,1-2H3,(H,18,20)(H,19,21);2*1H. The highest BCUT2D eigenvalue weighted by atomic mass is 35.5. The first kappa shape index (κ1) is 24.0. The van der Waals surface area contributed by atoms with E-state index in [0.717, 1.165) is 12.3 Å². The van der Waals surface area contributed by atoms with Gasteiger partial charge in [0.15, 0.2) is 0 Å². The number of rotatable bonds is 6. The Morgan fingerprint density at radius 1 is 1.22 bits per heavy atom. The summed E-state index contributed by atoms with van der Waals surface area (Å²) in [5.41, 5.74) is 3.89.